The molecule has 0 aliphatic carbocycles. The molecule has 0 bridgehead atoms. The predicted molar refractivity (Wildman–Crippen MR) is 77.9 cm³/mol. The first kappa shape index (κ1) is 16.7. The van der Waals surface area contributed by atoms with Gasteiger partial charge in [0.1, 0.15) is 0 Å². The maximum Gasteiger partial charge on any atom is 0.382 e. The summed E-state index contributed by atoms with van der Waals surface area (Å²) in [7, 11) is 0. The van der Waals surface area contributed by atoms with Crippen molar-refractivity contribution in [2.24, 2.45) is 5.92 Å². The average molecular weight is 323 g/mol. The molecule has 0 fully saturated rings. The topological polar surface area (TPSA) is 85.1 Å². The second kappa shape index (κ2) is 6.23. The first-order valence-corrected chi connectivity index (χ1v) is 6.86. The van der Waals surface area contributed by atoms with Gasteiger partial charge in [0.25, 0.3) is 0 Å². The van der Waals surface area contributed by atoms with Crippen LogP contribution >= 0.6 is 0 Å². The van der Waals surface area contributed by atoms with Gasteiger partial charge >= 0.3 is 11.8 Å². The summed E-state index contributed by atoms with van der Waals surface area (Å²) in [6.07, 6.45) is 0. The number of anilines is 1. The molecule has 23 heavy (non-hydrogen) atoms. The molecule has 0 aliphatic heterocycles. The summed E-state index contributed by atoms with van der Waals surface area (Å²) in [4.78, 5) is 23.1. The number of alkyl halides is 2. The highest BCUT2D eigenvalue weighted by Gasteiger charge is 2.47. The quantitative estimate of drug-likeness (QED) is 0.855. The van der Waals surface area contributed by atoms with E-state index in [4.69, 9.17) is 4.42 Å². The Labute approximate surface area is 130 Å². The number of carbonyl (C=O) groups excluding carboxylic acids is 2. The molecular weight excluding hydrogens is 308 g/mol. The number of rotatable bonds is 5. The number of nitrogens with one attached hydrogen (secondary N) is 1. The van der Waals surface area contributed by atoms with Gasteiger partial charge in [-0.15, -0.1) is 10.2 Å². The van der Waals surface area contributed by atoms with E-state index in [2.05, 4.69) is 10.2 Å². The number of hydrogen-bond donors (Lipinski definition) is 1. The van der Waals surface area contributed by atoms with Gasteiger partial charge in [0.2, 0.25) is 17.6 Å². The van der Waals surface area contributed by atoms with E-state index < -0.39 is 23.5 Å². The van der Waals surface area contributed by atoms with Gasteiger partial charge in [-0.3, -0.25) is 9.59 Å². The molecule has 0 unspecified atom stereocenters. The van der Waals surface area contributed by atoms with E-state index in [0.29, 0.717) is 11.5 Å². The molecule has 2 aromatic rings. The first-order valence-electron chi connectivity index (χ1n) is 6.86. The number of aromatic nitrogens is 2. The molecule has 0 spiro atoms. The van der Waals surface area contributed by atoms with Gasteiger partial charge in [0.05, 0.1) is 0 Å². The molecule has 122 valence electrons. The van der Waals surface area contributed by atoms with Gasteiger partial charge in [0, 0.05) is 24.1 Å². The minimum absolute atomic E-state index is 0.0968. The number of aryl methyl sites for hydroxylation is 1. The highest BCUT2D eigenvalue weighted by molar-refractivity contribution is 6.13. The fourth-order valence-corrected chi connectivity index (χ4v) is 1.83. The van der Waals surface area contributed by atoms with Gasteiger partial charge < -0.3 is 9.73 Å². The smallest absolute Gasteiger partial charge is 0.382 e. The van der Waals surface area contributed by atoms with Crippen molar-refractivity contribution in [3.05, 3.63) is 30.2 Å². The van der Waals surface area contributed by atoms with Gasteiger partial charge in [0.15, 0.2) is 0 Å². The SMILES string of the molecule is Cc1nnc(-c2cccc(NC(=O)C(F)(F)C(=O)C(C)C)c2)o1. The summed E-state index contributed by atoms with van der Waals surface area (Å²) < 4.78 is 32.8. The summed E-state index contributed by atoms with van der Waals surface area (Å²) in [5.74, 6) is -7.60. The number of benzene rings is 1. The van der Waals surface area contributed by atoms with Crippen LogP contribution in [0.1, 0.15) is 19.7 Å². The minimum Gasteiger partial charge on any atom is -0.421 e. The fourth-order valence-electron chi connectivity index (χ4n) is 1.83. The standard InChI is InChI=1S/C15H15F2N3O3/c1-8(2)12(21)15(16,17)14(22)18-11-6-4-5-10(7-11)13-20-19-9(3)23-13/h4-8H,1-3H3,(H,18,22). The van der Waals surface area contributed by atoms with Crippen LogP contribution in [0.3, 0.4) is 0 Å². The number of halogens is 2. The largest absolute Gasteiger partial charge is 0.421 e. The van der Waals surface area contributed by atoms with E-state index in [1.807, 2.05) is 5.32 Å². The Balaban J connectivity index is 2.20. The Kier molecular flexibility index (Phi) is 4.53. The van der Waals surface area contributed by atoms with Gasteiger partial charge in [-0.1, -0.05) is 19.9 Å². The zero-order valence-corrected chi connectivity index (χ0v) is 12.8. The lowest BCUT2D eigenvalue weighted by molar-refractivity contribution is -0.157. The van der Waals surface area contributed by atoms with Crippen LogP contribution < -0.4 is 5.32 Å². The normalized spacial score (nSPS) is 11.6. The molecule has 1 heterocycles. The van der Waals surface area contributed by atoms with Crippen LogP contribution in [0, 0.1) is 12.8 Å². The number of carbonyl (C=O) groups is 2. The van der Waals surface area contributed by atoms with Crippen LogP contribution in [0.15, 0.2) is 28.7 Å². The summed E-state index contributed by atoms with van der Waals surface area (Å²) in [6.45, 7) is 4.23. The highest BCUT2D eigenvalue weighted by Crippen LogP contribution is 2.25. The van der Waals surface area contributed by atoms with Crippen molar-refractivity contribution < 1.29 is 22.8 Å². The Bertz CT molecular complexity index is 741. The van der Waals surface area contributed by atoms with Gasteiger partial charge in [-0.25, -0.2) is 0 Å². The molecule has 6 nitrogen and oxygen atoms in total. The van der Waals surface area contributed by atoms with Crippen molar-refractivity contribution in [2.45, 2.75) is 26.7 Å². The maximum atomic E-state index is 13.8. The van der Waals surface area contributed by atoms with E-state index in [9.17, 15) is 18.4 Å². The number of ketones is 1. The molecular formula is C15H15F2N3O3. The van der Waals surface area contributed by atoms with Crippen molar-refractivity contribution in [1.82, 2.24) is 10.2 Å². The summed E-state index contributed by atoms with van der Waals surface area (Å²) >= 11 is 0. The van der Waals surface area contributed by atoms with E-state index in [0.717, 1.165) is 0 Å². The third-order valence-corrected chi connectivity index (χ3v) is 3.01. The predicted octanol–water partition coefficient (Wildman–Crippen LogP) is 2.84. The van der Waals surface area contributed by atoms with Crippen LogP contribution in [-0.4, -0.2) is 27.8 Å². The lowest BCUT2D eigenvalue weighted by Crippen LogP contribution is -2.44. The van der Waals surface area contributed by atoms with Crippen molar-refractivity contribution >= 4 is 17.4 Å². The highest BCUT2D eigenvalue weighted by atomic mass is 19.3. The number of Topliss-reactive ketones (excluding diaryl/α,β-unsaturated/α-hetero) is 1. The molecule has 0 saturated carbocycles. The molecule has 2 rings (SSSR count). The van der Waals surface area contributed by atoms with Crippen molar-refractivity contribution in [3.63, 3.8) is 0 Å². The van der Waals surface area contributed by atoms with E-state index >= 15 is 0 Å². The Morgan fingerprint density at radius 1 is 1.26 bits per heavy atom. The monoisotopic (exact) mass is 323 g/mol. The van der Waals surface area contributed by atoms with Gasteiger partial charge in [-0.2, -0.15) is 8.78 Å². The van der Waals surface area contributed by atoms with Crippen LogP contribution in [-0.2, 0) is 9.59 Å². The Morgan fingerprint density at radius 3 is 2.52 bits per heavy atom. The van der Waals surface area contributed by atoms with Crippen LogP contribution in [0.4, 0.5) is 14.5 Å². The van der Waals surface area contributed by atoms with E-state index in [1.54, 1.807) is 13.0 Å². The fraction of sp³-hybridized carbons (Fsp3) is 0.333. The van der Waals surface area contributed by atoms with Crippen molar-refractivity contribution in [3.8, 4) is 11.5 Å². The lowest BCUT2D eigenvalue weighted by Gasteiger charge is -2.16. The van der Waals surface area contributed by atoms with Crippen molar-refractivity contribution in [2.75, 3.05) is 5.32 Å². The molecule has 8 heteroatoms. The zero-order chi connectivity index (χ0) is 17.2. The molecule has 1 N–H and O–H groups in total. The second-order valence-corrected chi connectivity index (χ2v) is 5.25. The molecule has 0 radical (unpaired) electrons. The second-order valence-electron chi connectivity index (χ2n) is 5.25. The van der Waals surface area contributed by atoms with E-state index in [-0.39, 0.29) is 11.6 Å². The molecule has 0 saturated heterocycles. The molecule has 1 aromatic carbocycles. The van der Waals surface area contributed by atoms with Crippen LogP contribution in [0.5, 0.6) is 0 Å². The average Bonchev–Trinajstić information content (AvgIpc) is 2.93. The maximum absolute atomic E-state index is 13.8. The summed E-state index contributed by atoms with van der Waals surface area (Å²) in [6, 6.07) is 5.98. The van der Waals surface area contributed by atoms with E-state index in [1.165, 1.54) is 32.0 Å². The molecule has 1 aromatic heterocycles. The molecule has 0 aliphatic rings. The number of nitrogens with zero attached hydrogens (tertiary/aromatic N) is 2. The molecule has 0 atom stereocenters. The molecule has 1 amide bonds. The summed E-state index contributed by atoms with van der Waals surface area (Å²) in [5, 5.41) is 9.51. The zero-order valence-electron chi connectivity index (χ0n) is 12.8. The number of hydrogen-bond acceptors (Lipinski definition) is 5. The van der Waals surface area contributed by atoms with Crippen LogP contribution in [0.2, 0.25) is 0 Å². The summed E-state index contributed by atoms with van der Waals surface area (Å²) in [5.41, 5.74) is 0.557. The minimum atomic E-state index is -4.09. The third kappa shape index (κ3) is 3.58. The number of amides is 1. The lowest BCUT2D eigenvalue weighted by atomic mass is 10.0. The first-order chi connectivity index (χ1) is 10.7. The Hall–Kier alpha value is -2.64. The Morgan fingerprint density at radius 2 is 1.96 bits per heavy atom. The van der Waals surface area contributed by atoms with Crippen LogP contribution in [0.25, 0.3) is 11.5 Å². The van der Waals surface area contributed by atoms with Crippen molar-refractivity contribution in [1.29, 1.82) is 0 Å². The third-order valence-electron chi connectivity index (χ3n) is 3.01. The van der Waals surface area contributed by atoms with Gasteiger partial charge in [-0.05, 0) is 18.2 Å².